The van der Waals surface area contributed by atoms with Gasteiger partial charge < -0.3 is 15.0 Å². The van der Waals surface area contributed by atoms with Crippen molar-refractivity contribution in [2.75, 3.05) is 26.3 Å². The molecule has 1 saturated heterocycles. The zero-order valence-electron chi connectivity index (χ0n) is 13.8. The van der Waals surface area contributed by atoms with Crippen molar-refractivity contribution in [2.24, 2.45) is 18.7 Å². The van der Waals surface area contributed by atoms with E-state index in [9.17, 15) is 4.79 Å². The summed E-state index contributed by atoms with van der Waals surface area (Å²) in [6.07, 6.45) is 7.53. The molecule has 1 fully saturated rings. The Morgan fingerprint density at radius 1 is 1.38 bits per heavy atom. The molecule has 1 aliphatic heterocycles. The minimum atomic E-state index is -0.561. The molecule has 8 heteroatoms. The summed E-state index contributed by atoms with van der Waals surface area (Å²) >= 11 is 0. The molecule has 2 aromatic rings. The van der Waals surface area contributed by atoms with Crippen LogP contribution in [-0.4, -0.2) is 56.6 Å². The molecule has 128 valence electrons. The van der Waals surface area contributed by atoms with Crippen LogP contribution in [0.15, 0.2) is 24.9 Å². The summed E-state index contributed by atoms with van der Waals surface area (Å²) in [6, 6.07) is 0. The van der Waals surface area contributed by atoms with Gasteiger partial charge in [0.1, 0.15) is 5.69 Å². The van der Waals surface area contributed by atoms with Crippen molar-refractivity contribution >= 4 is 5.91 Å². The molecule has 0 radical (unpaired) electrons. The lowest BCUT2D eigenvalue weighted by molar-refractivity contribution is 0.0995. The van der Waals surface area contributed by atoms with E-state index in [4.69, 9.17) is 10.5 Å². The largest absolute Gasteiger partial charge is 0.380 e. The quantitative estimate of drug-likeness (QED) is 0.828. The highest BCUT2D eigenvalue weighted by Gasteiger charge is 2.20. The summed E-state index contributed by atoms with van der Waals surface area (Å²) < 4.78 is 7.77. The molecule has 0 spiro atoms. The van der Waals surface area contributed by atoms with Crippen molar-refractivity contribution in [3.05, 3.63) is 42.0 Å². The first-order chi connectivity index (χ1) is 11.6. The third kappa shape index (κ3) is 4.15. The van der Waals surface area contributed by atoms with Gasteiger partial charge in [-0.25, -0.2) is 9.97 Å². The number of aryl methyl sites for hydroxylation is 1. The molecule has 0 aromatic carbocycles. The minimum absolute atomic E-state index is 0.189. The van der Waals surface area contributed by atoms with Gasteiger partial charge in [0.25, 0.3) is 5.91 Å². The molecule has 0 unspecified atom stereocenters. The van der Waals surface area contributed by atoms with Crippen molar-refractivity contribution in [1.82, 2.24) is 24.4 Å². The van der Waals surface area contributed by atoms with E-state index in [1.807, 2.05) is 24.1 Å². The third-order valence-corrected chi connectivity index (χ3v) is 4.18. The lowest BCUT2D eigenvalue weighted by atomic mass is 10.0. The van der Waals surface area contributed by atoms with E-state index in [-0.39, 0.29) is 5.69 Å². The van der Waals surface area contributed by atoms with Crippen molar-refractivity contribution < 1.29 is 9.53 Å². The Morgan fingerprint density at radius 3 is 2.92 bits per heavy atom. The molecule has 8 nitrogen and oxygen atoms in total. The molecule has 2 N–H and O–H groups in total. The lowest BCUT2D eigenvalue weighted by Crippen LogP contribution is -2.31. The second-order valence-corrected chi connectivity index (χ2v) is 6.13. The van der Waals surface area contributed by atoms with E-state index in [2.05, 4.69) is 19.9 Å². The first kappa shape index (κ1) is 16.5. The van der Waals surface area contributed by atoms with Gasteiger partial charge in [0.05, 0.1) is 37.1 Å². The molecule has 1 aliphatic rings. The fraction of sp³-hybridized carbons (Fsp3) is 0.500. The monoisotopic (exact) mass is 330 g/mol. The van der Waals surface area contributed by atoms with Crippen molar-refractivity contribution in [2.45, 2.75) is 13.0 Å². The van der Waals surface area contributed by atoms with Crippen LogP contribution in [0.2, 0.25) is 0 Å². The van der Waals surface area contributed by atoms with E-state index >= 15 is 0 Å². The van der Waals surface area contributed by atoms with Gasteiger partial charge in [-0.1, -0.05) is 0 Å². The van der Waals surface area contributed by atoms with Gasteiger partial charge >= 0.3 is 0 Å². The van der Waals surface area contributed by atoms with Crippen LogP contribution in [-0.2, 0) is 24.8 Å². The smallest absolute Gasteiger partial charge is 0.268 e. The van der Waals surface area contributed by atoms with Crippen LogP contribution in [0, 0.1) is 5.92 Å². The molecule has 0 bridgehead atoms. The van der Waals surface area contributed by atoms with E-state index in [0.29, 0.717) is 12.5 Å². The van der Waals surface area contributed by atoms with Gasteiger partial charge in [-0.05, 0) is 6.42 Å². The standard InChI is InChI=1S/C16H22N6O2/c1-21-11-18-6-14(21)9-22-2-3-24-10-12(8-22)4-13-5-20-15(7-19-13)16(17)23/h5-7,11-12H,2-4,8-10H2,1H3,(H2,17,23)/t12-/m1/s1. The predicted octanol–water partition coefficient (Wildman–Crippen LogP) is 0.000100. The Morgan fingerprint density at radius 2 is 2.25 bits per heavy atom. The molecule has 3 heterocycles. The van der Waals surface area contributed by atoms with Gasteiger partial charge in [0.15, 0.2) is 0 Å². The number of ether oxygens (including phenoxy) is 1. The number of hydrogen-bond donors (Lipinski definition) is 1. The molecular formula is C16H22N6O2. The summed E-state index contributed by atoms with van der Waals surface area (Å²) in [6.45, 7) is 4.09. The molecule has 24 heavy (non-hydrogen) atoms. The third-order valence-electron chi connectivity index (χ3n) is 4.18. The minimum Gasteiger partial charge on any atom is -0.380 e. The van der Waals surface area contributed by atoms with Gasteiger partial charge in [-0.15, -0.1) is 0 Å². The fourth-order valence-electron chi connectivity index (χ4n) is 2.87. The maximum Gasteiger partial charge on any atom is 0.268 e. The Kier molecular flexibility index (Phi) is 5.17. The average Bonchev–Trinajstić information content (AvgIpc) is 2.83. The number of amides is 1. The van der Waals surface area contributed by atoms with E-state index in [0.717, 1.165) is 38.4 Å². The SMILES string of the molecule is Cn1cncc1CN1CCOC[C@H](Cc2cnc(C(N)=O)cn2)C1. The highest BCUT2D eigenvalue weighted by molar-refractivity contribution is 5.90. The maximum absolute atomic E-state index is 11.1. The van der Waals surface area contributed by atoms with Crippen LogP contribution in [0.4, 0.5) is 0 Å². The first-order valence-electron chi connectivity index (χ1n) is 7.98. The number of imidazole rings is 1. The normalized spacial score (nSPS) is 19.1. The molecule has 3 rings (SSSR count). The number of nitrogens with zero attached hydrogens (tertiary/aromatic N) is 5. The fourth-order valence-corrected chi connectivity index (χ4v) is 2.87. The van der Waals surface area contributed by atoms with Crippen LogP contribution in [0.25, 0.3) is 0 Å². The Hall–Kier alpha value is -2.32. The van der Waals surface area contributed by atoms with Crippen molar-refractivity contribution in [3.8, 4) is 0 Å². The molecule has 2 aromatic heterocycles. The van der Waals surface area contributed by atoms with Crippen molar-refractivity contribution in [3.63, 3.8) is 0 Å². The summed E-state index contributed by atoms with van der Waals surface area (Å²) in [5, 5.41) is 0. The predicted molar refractivity (Wildman–Crippen MR) is 87.0 cm³/mol. The molecule has 1 atom stereocenters. The highest BCUT2D eigenvalue weighted by atomic mass is 16.5. The Bertz CT molecular complexity index is 684. The summed E-state index contributed by atoms with van der Waals surface area (Å²) in [5.74, 6) is -0.233. The van der Waals surface area contributed by atoms with Gasteiger partial charge in [0, 0.05) is 45.0 Å². The number of aromatic nitrogens is 4. The van der Waals surface area contributed by atoms with E-state index < -0.39 is 5.91 Å². The average molecular weight is 330 g/mol. The Labute approximate surface area is 140 Å². The number of carbonyl (C=O) groups excluding carboxylic acids is 1. The number of rotatable bonds is 5. The first-order valence-corrected chi connectivity index (χ1v) is 7.98. The molecule has 0 saturated carbocycles. The summed E-state index contributed by atoms with van der Waals surface area (Å²) in [7, 11) is 2.00. The number of hydrogen-bond acceptors (Lipinski definition) is 6. The second kappa shape index (κ2) is 7.50. The second-order valence-electron chi connectivity index (χ2n) is 6.13. The van der Waals surface area contributed by atoms with Crippen LogP contribution < -0.4 is 5.73 Å². The zero-order valence-corrected chi connectivity index (χ0v) is 13.8. The van der Waals surface area contributed by atoms with Gasteiger partial charge in [-0.3, -0.25) is 14.7 Å². The number of nitrogens with two attached hydrogens (primary N) is 1. The van der Waals surface area contributed by atoms with Crippen LogP contribution in [0.5, 0.6) is 0 Å². The summed E-state index contributed by atoms with van der Waals surface area (Å²) in [4.78, 5) is 25.9. The van der Waals surface area contributed by atoms with Crippen LogP contribution >= 0.6 is 0 Å². The van der Waals surface area contributed by atoms with E-state index in [1.54, 1.807) is 6.20 Å². The maximum atomic E-state index is 11.1. The molecular weight excluding hydrogens is 308 g/mol. The van der Waals surface area contributed by atoms with Gasteiger partial charge in [0.2, 0.25) is 0 Å². The molecule has 1 amide bonds. The molecule has 0 aliphatic carbocycles. The zero-order chi connectivity index (χ0) is 16.9. The highest BCUT2D eigenvalue weighted by Crippen LogP contribution is 2.14. The Balaban J connectivity index is 1.62. The van der Waals surface area contributed by atoms with Crippen molar-refractivity contribution in [1.29, 1.82) is 0 Å². The van der Waals surface area contributed by atoms with Crippen LogP contribution in [0.3, 0.4) is 0 Å². The van der Waals surface area contributed by atoms with Crippen LogP contribution in [0.1, 0.15) is 21.9 Å². The number of primary amides is 1. The number of carbonyl (C=O) groups is 1. The topological polar surface area (TPSA) is 99.2 Å². The van der Waals surface area contributed by atoms with Gasteiger partial charge in [-0.2, -0.15) is 0 Å². The summed E-state index contributed by atoms with van der Waals surface area (Å²) in [5.41, 5.74) is 7.40. The lowest BCUT2D eigenvalue weighted by Gasteiger charge is -2.23. The van der Waals surface area contributed by atoms with E-state index in [1.165, 1.54) is 11.9 Å².